The van der Waals surface area contributed by atoms with Gasteiger partial charge in [0, 0.05) is 30.1 Å². The van der Waals surface area contributed by atoms with Gasteiger partial charge in [-0.15, -0.1) is 0 Å². The number of aryl methyl sites for hydroxylation is 1. The molecule has 0 aliphatic carbocycles. The molecule has 0 saturated heterocycles. The largest absolute Gasteiger partial charge is 0.496 e. The predicted molar refractivity (Wildman–Crippen MR) is 102 cm³/mol. The fourth-order valence-corrected chi connectivity index (χ4v) is 3.76. The molecule has 136 valence electrons. The summed E-state index contributed by atoms with van der Waals surface area (Å²) in [6, 6.07) is 12.4. The molecule has 0 fully saturated rings. The quantitative estimate of drug-likeness (QED) is 0.775. The van der Waals surface area contributed by atoms with Gasteiger partial charge in [0.2, 0.25) is 0 Å². The fraction of sp³-hybridized carbons (Fsp3) is 0.250. The van der Waals surface area contributed by atoms with Crippen molar-refractivity contribution in [1.29, 1.82) is 0 Å². The monoisotopic (exact) mass is 371 g/mol. The molecule has 1 amide bonds. The van der Waals surface area contributed by atoms with E-state index in [1.54, 1.807) is 36.3 Å². The van der Waals surface area contributed by atoms with Gasteiger partial charge in [-0.25, -0.2) is 8.42 Å². The number of methoxy groups -OCH3 is 1. The number of carbonyl (C=O) groups excluding carboxylic acids is 1. The molecule has 0 radical (unpaired) electrons. The third-order valence-electron chi connectivity index (χ3n) is 4.41. The summed E-state index contributed by atoms with van der Waals surface area (Å²) in [6.45, 7) is 0.611. The third kappa shape index (κ3) is 3.80. The number of nitrogens with zero attached hydrogens (tertiary/aromatic N) is 1. The van der Waals surface area contributed by atoms with Gasteiger partial charge in [0.05, 0.1) is 12.0 Å². The molecule has 5 nitrogen and oxygen atoms in total. The highest BCUT2D eigenvalue weighted by atomic mass is 32.2. The number of sulfone groups is 1. The smallest absolute Gasteiger partial charge is 0.250 e. The van der Waals surface area contributed by atoms with Gasteiger partial charge in [-0.1, -0.05) is 18.2 Å². The summed E-state index contributed by atoms with van der Waals surface area (Å²) >= 11 is 0. The summed E-state index contributed by atoms with van der Waals surface area (Å²) in [7, 11) is -1.67. The van der Waals surface area contributed by atoms with Crippen LogP contribution in [0.25, 0.3) is 6.08 Å². The molecular weight excluding hydrogens is 350 g/mol. The molecule has 0 N–H and O–H groups in total. The molecule has 3 rings (SSSR count). The lowest BCUT2D eigenvalue weighted by Crippen LogP contribution is -2.34. The van der Waals surface area contributed by atoms with Crippen LogP contribution in [0.5, 0.6) is 5.75 Å². The van der Waals surface area contributed by atoms with Crippen LogP contribution < -0.4 is 9.64 Å². The minimum Gasteiger partial charge on any atom is -0.496 e. The zero-order valence-corrected chi connectivity index (χ0v) is 15.6. The van der Waals surface area contributed by atoms with Crippen LogP contribution in [0.2, 0.25) is 0 Å². The molecule has 0 atom stereocenters. The Labute approximate surface area is 153 Å². The first kappa shape index (κ1) is 18.2. The number of carbonyl (C=O) groups is 1. The summed E-state index contributed by atoms with van der Waals surface area (Å²) in [5.41, 5.74) is 2.49. The SMILES string of the molecule is COc1ccccc1C=CC(=O)N1CCCc2cc(S(C)(=O)=O)ccc21. The highest BCUT2D eigenvalue weighted by molar-refractivity contribution is 7.90. The van der Waals surface area contributed by atoms with Gasteiger partial charge in [0.1, 0.15) is 5.75 Å². The van der Waals surface area contributed by atoms with E-state index in [0.717, 1.165) is 29.7 Å². The summed E-state index contributed by atoms with van der Waals surface area (Å²) in [5.74, 6) is 0.567. The summed E-state index contributed by atoms with van der Waals surface area (Å²) in [5, 5.41) is 0. The van der Waals surface area contributed by atoms with Crippen LogP contribution >= 0.6 is 0 Å². The van der Waals surface area contributed by atoms with Crippen LogP contribution in [-0.4, -0.2) is 34.2 Å². The van der Waals surface area contributed by atoms with Gasteiger partial charge in [-0.3, -0.25) is 4.79 Å². The van der Waals surface area contributed by atoms with Crippen molar-refractivity contribution in [1.82, 2.24) is 0 Å². The van der Waals surface area contributed by atoms with Crippen molar-refractivity contribution in [3.8, 4) is 5.75 Å². The van der Waals surface area contributed by atoms with Crippen molar-refractivity contribution in [2.24, 2.45) is 0 Å². The second-order valence-electron chi connectivity index (χ2n) is 6.23. The topological polar surface area (TPSA) is 63.7 Å². The van der Waals surface area contributed by atoms with Gasteiger partial charge in [-0.05, 0) is 48.7 Å². The van der Waals surface area contributed by atoms with Gasteiger partial charge < -0.3 is 9.64 Å². The number of hydrogen-bond donors (Lipinski definition) is 0. The Kier molecular flexibility index (Phi) is 5.13. The first-order chi connectivity index (χ1) is 12.4. The number of amides is 1. The van der Waals surface area contributed by atoms with E-state index < -0.39 is 9.84 Å². The van der Waals surface area contributed by atoms with E-state index >= 15 is 0 Å². The van der Waals surface area contributed by atoms with Crippen molar-refractivity contribution < 1.29 is 17.9 Å². The molecule has 2 aromatic rings. The normalized spacial score (nSPS) is 14.3. The maximum atomic E-state index is 12.7. The standard InChI is InChI=1S/C20H21NO4S/c1-25-19-8-4-3-6-15(19)9-12-20(22)21-13-5-7-16-14-17(26(2,23)24)10-11-18(16)21/h3-4,6,8-12,14H,5,7,13H2,1-2H3. The minimum atomic E-state index is -3.26. The number of hydrogen-bond acceptors (Lipinski definition) is 4. The predicted octanol–water partition coefficient (Wildman–Crippen LogP) is 3.09. The highest BCUT2D eigenvalue weighted by Crippen LogP contribution is 2.30. The Morgan fingerprint density at radius 1 is 1.19 bits per heavy atom. The van der Waals surface area contributed by atoms with Crippen molar-refractivity contribution in [2.45, 2.75) is 17.7 Å². The van der Waals surface area contributed by atoms with Gasteiger partial charge >= 0.3 is 0 Å². The van der Waals surface area contributed by atoms with Crippen LogP contribution in [-0.2, 0) is 21.1 Å². The summed E-state index contributed by atoms with van der Waals surface area (Å²) < 4.78 is 28.8. The van der Waals surface area contributed by atoms with Crippen LogP contribution in [0.3, 0.4) is 0 Å². The zero-order chi connectivity index (χ0) is 18.7. The molecule has 0 bridgehead atoms. The van der Waals surface area contributed by atoms with Crippen LogP contribution in [0, 0.1) is 0 Å². The van der Waals surface area contributed by atoms with E-state index in [2.05, 4.69) is 0 Å². The molecule has 26 heavy (non-hydrogen) atoms. The van der Waals surface area contributed by atoms with Crippen LogP contribution in [0.15, 0.2) is 53.4 Å². The Morgan fingerprint density at radius 3 is 2.69 bits per heavy atom. The summed E-state index contributed by atoms with van der Waals surface area (Å²) in [6.07, 6.45) is 6.02. The summed E-state index contributed by atoms with van der Waals surface area (Å²) in [4.78, 5) is 14.7. The van der Waals surface area contributed by atoms with Crippen molar-refractivity contribution >= 4 is 27.5 Å². The van der Waals surface area contributed by atoms with E-state index in [9.17, 15) is 13.2 Å². The Balaban J connectivity index is 1.87. The lowest BCUT2D eigenvalue weighted by atomic mass is 10.0. The lowest BCUT2D eigenvalue weighted by molar-refractivity contribution is -0.114. The van der Waals surface area contributed by atoms with Gasteiger partial charge in [0.15, 0.2) is 9.84 Å². The van der Waals surface area contributed by atoms with Crippen LogP contribution in [0.4, 0.5) is 5.69 Å². The number of benzene rings is 2. The second kappa shape index (κ2) is 7.33. The zero-order valence-electron chi connectivity index (χ0n) is 14.8. The molecule has 6 heteroatoms. The Morgan fingerprint density at radius 2 is 1.96 bits per heavy atom. The van der Waals surface area contributed by atoms with Gasteiger partial charge in [0.25, 0.3) is 5.91 Å². The maximum Gasteiger partial charge on any atom is 0.250 e. The molecule has 0 saturated carbocycles. The lowest BCUT2D eigenvalue weighted by Gasteiger charge is -2.29. The molecule has 0 aromatic heterocycles. The number of para-hydroxylation sites is 1. The van der Waals surface area contributed by atoms with Crippen molar-refractivity contribution in [3.63, 3.8) is 0 Å². The molecule has 1 heterocycles. The Hall–Kier alpha value is -2.60. The van der Waals surface area contributed by atoms with E-state index in [1.807, 2.05) is 24.3 Å². The number of fused-ring (bicyclic) bond motifs is 1. The minimum absolute atomic E-state index is 0.135. The molecule has 2 aromatic carbocycles. The molecule has 1 aliphatic rings. The number of ether oxygens (including phenoxy) is 1. The molecule has 0 unspecified atom stereocenters. The van der Waals surface area contributed by atoms with E-state index in [1.165, 1.54) is 12.3 Å². The van der Waals surface area contributed by atoms with E-state index in [-0.39, 0.29) is 10.8 Å². The molecular formula is C20H21NO4S. The van der Waals surface area contributed by atoms with Crippen molar-refractivity contribution in [2.75, 3.05) is 24.8 Å². The van der Waals surface area contributed by atoms with E-state index in [0.29, 0.717) is 12.3 Å². The molecule has 1 aliphatic heterocycles. The maximum absolute atomic E-state index is 12.7. The average molecular weight is 371 g/mol. The van der Waals surface area contributed by atoms with Crippen LogP contribution in [0.1, 0.15) is 17.5 Å². The first-order valence-corrected chi connectivity index (χ1v) is 10.2. The third-order valence-corrected chi connectivity index (χ3v) is 5.52. The Bertz CT molecular complexity index is 964. The first-order valence-electron chi connectivity index (χ1n) is 8.36. The van der Waals surface area contributed by atoms with Crippen molar-refractivity contribution in [3.05, 3.63) is 59.7 Å². The van der Waals surface area contributed by atoms with E-state index in [4.69, 9.17) is 4.74 Å². The second-order valence-corrected chi connectivity index (χ2v) is 8.25. The van der Waals surface area contributed by atoms with Gasteiger partial charge in [-0.2, -0.15) is 0 Å². The highest BCUT2D eigenvalue weighted by Gasteiger charge is 2.22. The number of anilines is 1. The molecule has 0 spiro atoms. The fourth-order valence-electron chi connectivity index (χ4n) is 3.09. The number of rotatable bonds is 4. The average Bonchev–Trinajstić information content (AvgIpc) is 2.64.